The van der Waals surface area contributed by atoms with Gasteiger partial charge in [-0.2, -0.15) is 0 Å². The van der Waals surface area contributed by atoms with Gasteiger partial charge in [0.25, 0.3) is 5.56 Å². The first kappa shape index (κ1) is 19.3. The molecule has 3 rings (SSSR count). The van der Waals surface area contributed by atoms with Crippen molar-refractivity contribution in [2.24, 2.45) is 0 Å². The fraction of sp³-hybridized carbons (Fsp3) is 0.263. The fourth-order valence-corrected chi connectivity index (χ4v) is 4.50. The van der Waals surface area contributed by atoms with Gasteiger partial charge in [-0.05, 0) is 31.2 Å². The highest BCUT2D eigenvalue weighted by Crippen LogP contribution is 2.22. The smallest absolute Gasteiger partial charge is 0.262 e. The van der Waals surface area contributed by atoms with Crippen molar-refractivity contribution in [2.45, 2.75) is 32.1 Å². The monoisotopic (exact) mass is 401 g/mol. The molecular weight excluding hydrogens is 382 g/mol. The van der Waals surface area contributed by atoms with Gasteiger partial charge >= 0.3 is 0 Å². The average Bonchev–Trinajstić information content (AvgIpc) is 3.14. The number of fused-ring (bicyclic) bond motifs is 1. The lowest BCUT2D eigenvalue weighted by Crippen LogP contribution is -2.22. The minimum atomic E-state index is -0.105. The third-order valence-corrected chi connectivity index (χ3v) is 6.03. The van der Waals surface area contributed by atoms with E-state index in [4.69, 9.17) is 0 Å². The molecule has 0 radical (unpaired) electrons. The summed E-state index contributed by atoms with van der Waals surface area (Å²) >= 11 is 2.64. The van der Waals surface area contributed by atoms with Crippen LogP contribution < -0.4 is 10.9 Å². The number of aromatic nitrogens is 2. The standard InChI is InChI=1S/C19H19N3O3S2/c1-3-22-18(25)14-6-4-5-7-15(14)21-19(22)26-11-16(24)17-9-8-13(27-17)10-20-12(2)23/h4-9H,3,10-11H2,1-2H3,(H,20,23). The van der Waals surface area contributed by atoms with Crippen LogP contribution in [0, 0.1) is 0 Å². The summed E-state index contributed by atoms with van der Waals surface area (Å²) < 4.78 is 1.59. The summed E-state index contributed by atoms with van der Waals surface area (Å²) in [5, 5.41) is 3.84. The number of ketones is 1. The number of carbonyl (C=O) groups is 2. The number of nitrogens with zero attached hydrogens (tertiary/aromatic N) is 2. The molecule has 0 atom stereocenters. The maximum Gasteiger partial charge on any atom is 0.262 e. The molecule has 0 bridgehead atoms. The molecule has 1 amide bonds. The van der Waals surface area contributed by atoms with Gasteiger partial charge in [0.05, 0.1) is 28.1 Å². The number of thiophene rings is 1. The zero-order valence-electron chi connectivity index (χ0n) is 15.0. The van der Waals surface area contributed by atoms with Crippen molar-refractivity contribution in [2.75, 3.05) is 5.75 Å². The van der Waals surface area contributed by atoms with Crippen molar-refractivity contribution in [3.8, 4) is 0 Å². The number of benzene rings is 1. The van der Waals surface area contributed by atoms with E-state index in [0.717, 1.165) is 4.88 Å². The van der Waals surface area contributed by atoms with Gasteiger partial charge in [0, 0.05) is 18.3 Å². The lowest BCUT2D eigenvalue weighted by Gasteiger charge is -2.10. The molecule has 0 spiro atoms. The highest BCUT2D eigenvalue weighted by atomic mass is 32.2. The van der Waals surface area contributed by atoms with Gasteiger partial charge in [0.2, 0.25) is 5.91 Å². The highest BCUT2D eigenvalue weighted by Gasteiger charge is 2.14. The first-order chi connectivity index (χ1) is 13.0. The molecule has 1 aromatic carbocycles. The van der Waals surface area contributed by atoms with Gasteiger partial charge in [-0.15, -0.1) is 11.3 Å². The molecule has 27 heavy (non-hydrogen) atoms. The Hall–Kier alpha value is -2.45. The molecule has 2 aromatic heterocycles. The van der Waals surface area contributed by atoms with Crippen molar-refractivity contribution in [1.29, 1.82) is 0 Å². The Morgan fingerprint density at radius 2 is 2.00 bits per heavy atom. The van der Waals surface area contributed by atoms with Gasteiger partial charge in [-0.1, -0.05) is 23.9 Å². The van der Waals surface area contributed by atoms with Crippen molar-refractivity contribution < 1.29 is 9.59 Å². The summed E-state index contributed by atoms with van der Waals surface area (Å²) in [6.07, 6.45) is 0. The molecule has 140 valence electrons. The van der Waals surface area contributed by atoms with E-state index in [1.165, 1.54) is 30.0 Å². The molecule has 0 saturated carbocycles. The second-order valence-electron chi connectivity index (χ2n) is 5.85. The Balaban J connectivity index is 1.75. The number of thioether (sulfide) groups is 1. The molecule has 6 nitrogen and oxygen atoms in total. The summed E-state index contributed by atoms with van der Waals surface area (Å²) in [7, 11) is 0. The van der Waals surface area contributed by atoms with Gasteiger partial charge in [-0.3, -0.25) is 19.0 Å². The van der Waals surface area contributed by atoms with E-state index in [2.05, 4.69) is 10.3 Å². The van der Waals surface area contributed by atoms with Crippen molar-refractivity contribution >= 4 is 45.7 Å². The van der Waals surface area contributed by atoms with Crippen LogP contribution in [-0.4, -0.2) is 27.0 Å². The van der Waals surface area contributed by atoms with Crippen molar-refractivity contribution in [1.82, 2.24) is 14.9 Å². The number of nitrogens with one attached hydrogen (secondary N) is 1. The van der Waals surface area contributed by atoms with Crippen LogP contribution in [-0.2, 0) is 17.9 Å². The van der Waals surface area contributed by atoms with E-state index in [-0.39, 0.29) is 23.0 Å². The third kappa shape index (κ3) is 4.45. The van der Waals surface area contributed by atoms with Crippen LogP contribution in [0.4, 0.5) is 0 Å². The Morgan fingerprint density at radius 3 is 2.74 bits per heavy atom. The topological polar surface area (TPSA) is 81.1 Å². The Morgan fingerprint density at radius 1 is 1.22 bits per heavy atom. The van der Waals surface area contributed by atoms with Crippen LogP contribution in [0.15, 0.2) is 46.3 Å². The second-order valence-corrected chi connectivity index (χ2v) is 7.96. The number of hydrogen-bond acceptors (Lipinski definition) is 6. The first-order valence-electron chi connectivity index (χ1n) is 8.48. The summed E-state index contributed by atoms with van der Waals surface area (Å²) in [6, 6.07) is 10.8. The predicted octanol–water partition coefficient (Wildman–Crippen LogP) is 3.09. The Labute approximate surface area is 164 Å². The minimum absolute atomic E-state index is 0.0239. The van der Waals surface area contributed by atoms with E-state index in [1.807, 2.05) is 25.1 Å². The first-order valence-corrected chi connectivity index (χ1v) is 10.3. The molecule has 0 aliphatic heterocycles. The molecule has 8 heteroatoms. The number of amides is 1. The number of para-hydroxylation sites is 1. The van der Waals surface area contributed by atoms with E-state index in [1.54, 1.807) is 22.8 Å². The summed E-state index contributed by atoms with van der Waals surface area (Å²) in [5.41, 5.74) is 0.544. The van der Waals surface area contributed by atoms with E-state index >= 15 is 0 Å². The third-order valence-electron chi connectivity index (χ3n) is 3.92. The Kier molecular flexibility index (Phi) is 6.08. The van der Waals surface area contributed by atoms with Crippen molar-refractivity contribution in [3.05, 3.63) is 56.5 Å². The predicted molar refractivity (Wildman–Crippen MR) is 109 cm³/mol. The summed E-state index contributed by atoms with van der Waals surface area (Å²) in [4.78, 5) is 42.2. The molecule has 2 heterocycles. The maximum atomic E-state index is 12.6. The quantitative estimate of drug-likeness (QED) is 0.374. The SMILES string of the molecule is CCn1c(SCC(=O)c2ccc(CNC(C)=O)s2)nc2ccccc2c1=O. The lowest BCUT2D eigenvalue weighted by molar-refractivity contribution is -0.119. The number of rotatable bonds is 7. The molecular formula is C19H19N3O3S2. The van der Waals surface area contributed by atoms with Crippen molar-refractivity contribution in [3.63, 3.8) is 0 Å². The van der Waals surface area contributed by atoms with Crippen LogP contribution in [0.2, 0.25) is 0 Å². The van der Waals surface area contributed by atoms with Gasteiger partial charge in [0.15, 0.2) is 10.9 Å². The zero-order chi connectivity index (χ0) is 19.4. The molecule has 0 unspecified atom stereocenters. The minimum Gasteiger partial charge on any atom is -0.351 e. The molecule has 0 saturated heterocycles. The lowest BCUT2D eigenvalue weighted by atomic mass is 10.2. The average molecular weight is 402 g/mol. The summed E-state index contributed by atoms with van der Waals surface area (Å²) in [5.74, 6) is 0.0705. The number of carbonyl (C=O) groups excluding carboxylic acids is 2. The molecule has 0 aliphatic carbocycles. The van der Waals surface area contributed by atoms with Crippen LogP contribution in [0.5, 0.6) is 0 Å². The van der Waals surface area contributed by atoms with Crippen LogP contribution in [0.25, 0.3) is 10.9 Å². The van der Waals surface area contributed by atoms with Crippen LogP contribution in [0.1, 0.15) is 28.4 Å². The van der Waals surface area contributed by atoms with Crippen LogP contribution >= 0.6 is 23.1 Å². The number of Topliss-reactive ketones (excluding diaryl/α,β-unsaturated/α-hetero) is 1. The molecule has 1 N–H and O–H groups in total. The van der Waals surface area contributed by atoms with Crippen LogP contribution in [0.3, 0.4) is 0 Å². The normalized spacial score (nSPS) is 10.9. The summed E-state index contributed by atoms with van der Waals surface area (Å²) in [6.45, 7) is 4.26. The highest BCUT2D eigenvalue weighted by molar-refractivity contribution is 7.99. The van der Waals surface area contributed by atoms with Gasteiger partial charge in [-0.25, -0.2) is 4.98 Å². The fourth-order valence-electron chi connectivity index (χ4n) is 2.57. The van der Waals surface area contributed by atoms with Gasteiger partial charge in [0.1, 0.15) is 0 Å². The molecule has 0 aliphatic rings. The van der Waals surface area contributed by atoms with E-state index in [0.29, 0.717) is 34.0 Å². The second kappa shape index (κ2) is 8.49. The largest absolute Gasteiger partial charge is 0.351 e. The van der Waals surface area contributed by atoms with Gasteiger partial charge < -0.3 is 5.32 Å². The molecule has 0 fully saturated rings. The van der Waals surface area contributed by atoms with E-state index < -0.39 is 0 Å². The maximum absolute atomic E-state index is 12.6. The van der Waals surface area contributed by atoms with E-state index in [9.17, 15) is 14.4 Å². The Bertz CT molecular complexity index is 1060. The number of hydrogen-bond donors (Lipinski definition) is 1. The molecule has 3 aromatic rings. The zero-order valence-corrected chi connectivity index (χ0v) is 16.7.